The number of nitrogens with one attached hydrogen (secondary N) is 1. The van der Waals surface area contributed by atoms with Crippen molar-refractivity contribution in [3.63, 3.8) is 0 Å². The zero-order chi connectivity index (χ0) is 25.1. The van der Waals surface area contributed by atoms with Gasteiger partial charge in [-0.2, -0.15) is 0 Å². The van der Waals surface area contributed by atoms with Gasteiger partial charge in [0.1, 0.15) is 18.4 Å². The maximum Gasteiger partial charge on any atom is 0.252 e. The van der Waals surface area contributed by atoms with E-state index in [0.29, 0.717) is 27.7 Å². The highest BCUT2D eigenvalue weighted by Crippen LogP contribution is 2.33. The van der Waals surface area contributed by atoms with Gasteiger partial charge in [0.15, 0.2) is 0 Å². The summed E-state index contributed by atoms with van der Waals surface area (Å²) in [6, 6.07) is 18.0. The maximum atomic E-state index is 13.8. The van der Waals surface area contributed by atoms with Crippen LogP contribution in [0.15, 0.2) is 71.7 Å². The molecule has 0 saturated carbocycles. The monoisotopic (exact) mass is 511 g/mol. The minimum absolute atomic E-state index is 0.0625. The average molecular weight is 512 g/mol. The molecule has 2 amide bonds. The summed E-state index contributed by atoms with van der Waals surface area (Å²) in [5, 5.41) is 3.08. The molecular weight excluding hydrogens is 488 g/mol. The van der Waals surface area contributed by atoms with Crippen LogP contribution >= 0.6 is 23.2 Å². The zero-order valence-electron chi connectivity index (χ0n) is 19.3. The Hall–Kier alpha value is -3.22. The third kappa shape index (κ3) is 5.39. The molecule has 2 atom stereocenters. The van der Waals surface area contributed by atoms with E-state index in [4.69, 9.17) is 28.2 Å². The quantitative estimate of drug-likeness (QED) is 0.417. The van der Waals surface area contributed by atoms with E-state index < -0.39 is 17.8 Å². The van der Waals surface area contributed by atoms with Crippen LogP contribution in [-0.2, 0) is 9.59 Å². The van der Waals surface area contributed by atoms with Crippen molar-refractivity contribution in [1.29, 1.82) is 0 Å². The van der Waals surface area contributed by atoms with E-state index in [1.54, 1.807) is 18.2 Å². The summed E-state index contributed by atoms with van der Waals surface area (Å²) in [4.78, 5) is 33.2. The van der Waals surface area contributed by atoms with Gasteiger partial charge in [0.2, 0.25) is 5.91 Å². The van der Waals surface area contributed by atoms with E-state index in [2.05, 4.69) is 5.32 Å². The molecule has 0 aliphatic carbocycles. The van der Waals surface area contributed by atoms with Crippen molar-refractivity contribution in [3.05, 3.63) is 93.7 Å². The van der Waals surface area contributed by atoms with E-state index in [0.717, 1.165) is 12.0 Å². The van der Waals surface area contributed by atoms with Crippen LogP contribution in [0.1, 0.15) is 31.4 Å². The fourth-order valence-electron chi connectivity index (χ4n) is 3.98. The zero-order valence-corrected chi connectivity index (χ0v) is 20.8. The minimum Gasteiger partial charge on any atom is -0.324 e. The van der Waals surface area contributed by atoms with Gasteiger partial charge in [-0.05, 0) is 42.3 Å². The highest BCUT2D eigenvalue weighted by Gasteiger charge is 2.35. The molecule has 5 nitrogen and oxygen atoms in total. The van der Waals surface area contributed by atoms with Crippen molar-refractivity contribution in [1.82, 2.24) is 0 Å². The van der Waals surface area contributed by atoms with E-state index in [1.165, 1.54) is 23.1 Å². The number of benzodiazepines with no additional fused rings is 1. The van der Waals surface area contributed by atoms with Crippen molar-refractivity contribution in [2.75, 3.05) is 16.8 Å². The van der Waals surface area contributed by atoms with Gasteiger partial charge in [0, 0.05) is 21.8 Å². The Morgan fingerprint density at radius 2 is 1.86 bits per heavy atom. The summed E-state index contributed by atoms with van der Waals surface area (Å²) >= 11 is 12.2. The second-order valence-corrected chi connectivity index (χ2v) is 9.28. The highest BCUT2D eigenvalue weighted by atomic mass is 35.5. The van der Waals surface area contributed by atoms with E-state index in [9.17, 15) is 14.0 Å². The number of nitrogens with zero attached hydrogens (tertiary/aromatic N) is 2. The largest absolute Gasteiger partial charge is 0.324 e. The number of carbonyl (C=O) groups excluding carboxylic acids is 2. The summed E-state index contributed by atoms with van der Waals surface area (Å²) in [6.07, 6.45) is 0.729. The number of halogens is 3. The molecule has 1 aliphatic heterocycles. The highest BCUT2D eigenvalue weighted by molar-refractivity contribution is 6.32. The molecular formula is C27H24Cl2FN3O2. The second kappa shape index (κ2) is 10.6. The Balaban J connectivity index is 1.76. The first kappa shape index (κ1) is 24.9. The predicted molar refractivity (Wildman–Crippen MR) is 139 cm³/mol. The van der Waals surface area contributed by atoms with Crippen LogP contribution in [0.2, 0.25) is 10.0 Å². The summed E-state index contributed by atoms with van der Waals surface area (Å²) < 4.78 is 13.5. The Morgan fingerprint density at radius 3 is 2.54 bits per heavy atom. The second-order valence-electron chi connectivity index (χ2n) is 8.44. The summed E-state index contributed by atoms with van der Waals surface area (Å²) in [6.45, 7) is 3.71. The topological polar surface area (TPSA) is 61.8 Å². The SMILES string of the molecule is CC[C@@H](C)[C@@H]1N=C(c2ccccc2)c2cc(Cl)ccc2N(CC(=O)Nc2ccc(F)c(Cl)c2)C1=O. The first-order valence-corrected chi connectivity index (χ1v) is 12.0. The lowest BCUT2D eigenvalue weighted by Crippen LogP contribution is -2.44. The summed E-state index contributed by atoms with van der Waals surface area (Å²) in [7, 11) is 0. The summed E-state index contributed by atoms with van der Waals surface area (Å²) in [5.74, 6) is -1.37. The number of rotatable bonds is 6. The normalized spacial score (nSPS) is 16.3. The van der Waals surface area contributed by atoms with Crippen LogP contribution in [0.25, 0.3) is 0 Å². The van der Waals surface area contributed by atoms with Crippen LogP contribution in [0.3, 0.4) is 0 Å². The molecule has 0 bridgehead atoms. The van der Waals surface area contributed by atoms with Gasteiger partial charge in [0.05, 0.1) is 16.4 Å². The van der Waals surface area contributed by atoms with E-state index in [-0.39, 0.29) is 23.4 Å². The number of hydrogen-bond acceptors (Lipinski definition) is 3. The number of benzene rings is 3. The van der Waals surface area contributed by atoms with Crippen molar-refractivity contribution in [3.8, 4) is 0 Å². The lowest BCUT2D eigenvalue weighted by Gasteiger charge is -2.26. The van der Waals surface area contributed by atoms with Crippen LogP contribution in [-0.4, -0.2) is 30.1 Å². The Kier molecular flexibility index (Phi) is 7.53. The fraction of sp³-hybridized carbons (Fsp3) is 0.222. The molecule has 1 N–H and O–H groups in total. The molecule has 0 saturated heterocycles. The maximum absolute atomic E-state index is 13.8. The Bertz CT molecular complexity index is 1300. The van der Waals surface area contributed by atoms with Crippen LogP contribution in [0, 0.1) is 11.7 Å². The number of fused-ring (bicyclic) bond motifs is 1. The molecule has 0 unspecified atom stereocenters. The minimum atomic E-state index is -0.686. The number of carbonyl (C=O) groups is 2. The molecule has 3 aromatic carbocycles. The Morgan fingerprint density at radius 1 is 1.11 bits per heavy atom. The first-order valence-electron chi connectivity index (χ1n) is 11.3. The molecule has 4 rings (SSSR count). The van der Waals surface area contributed by atoms with Crippen molar-refractivity contribution < 1.29 is 14.0 Å². The number of aliphatic imine (C=N–C) groups is 1. The van der Waals surface area contributed by atoms with Gasteiger partial charge in [-0.3, -0.25) is 14.6 Å². The van der Waals surface area contributed by atoms with Crippen molar-refractivity contribution >= 4 is 52.1 Å². The molecule has 1 aliphatic rings. The molecule has 0 spiro atoms. The lowest BCUT2D eigenvalue weighted by molar-refractivity contribution is -0.123. The van der Waals surface area contributed by atoms with Gasteiger partial charge in [-0.15, -0.1) is 0 Å². The molecule has 0 aromatic heterocycles. The molecule has 1 heterocycles. The van der Waals surface area contributed by atoms with Crippen LogP contribution < -0.4 is 10.2 Å². The smallest absolute Gasteiger partial charge is 0.252 e. The molecule has 0 radical (unpaired) electrons. The lowest BCUT2D eigenvalue weighted by atomic mass is 9.98. The third-order valence-corrected chi connectivity index (χ3v) is 6.55. The molecule has 35 heavy (non-hydrogen) atoms. The molecule has 8 heteroatoms. The third-order valence-electron chi connectivity index (χ3n) is 6.03. The van der Waals surface area contributed by atoms with Gasteiger partial charge < -0.3 is 10.2 Å². The van der Waals surface area contributed by atoms with E-state index in [1.807, 2.05) is 44.2 Å². The average Bonchev–Trinajstić information content (AvgIpc) is 2.96. The number of anilines is 2. The standard InChI is InChI=1S/C27H24Cl2FN3O2/c1-3-16(2)25-27(35)33(15-24(34)31-19-10-11-22(30)21(29)14-19)23-12-9-18(28)13-20(23)26(32-25)17-7-5-4-6-8-17/h4-14,16,25H,3,15H2,1-2H3,(H,31,34)/t16-,25+/m1/s1. The predicted octanol–water partition coefficient (Wildman–Crippen LogP) is 6.37. The molecule has 180 valence electrons. The van der Waals surface area contributed by atoms with Gasteiger partial charge >= 0.3 is 0 Å². The Labute approximate surface area is 213 Å². The first-order chi connectivity index (χ1) is 16.8. The van der Waals surface area contributed by atoms with Crippen LogP contribution in [0.4, 0.5) is 15.8 Å². The van der Waals surface area contributed by atoms with Gasteiger partial charge in [-0.25, -0.2) is 4.39 Å². The number of amides is 2. The van der Waals surface area contributed by atoms with Gasteiger partial charge in [-0.1, -0.05) is 73.8 Å². The van der Waals surface area contributed by atoms with Crippen molar-refractivity contribution in [2.45, 2.75) is 26.3 Å². The molecule has 3 aromatic rings. The van der Waals surface area contributed by atoms with Crippen molar-refractivity contribution in [2.24, 2.45) is 10.9 Å². The fourth-order valence-corrected chi connectivity index (χ4v) is 4.33. The summed E-state index contributed by atoms with van der Waals surface area (Å²) in [5.41, 5.74) is 3.04. The van der Waals surface area contributed by atoms with Gasteiger partial charge in [0.25, 0.3) is 5.91 Å². The molecule has 0 fully saturated rings. The van der Waals surface area contributed by atoms with E-state index >= 15 is 0 Å². The number of hydrogen-bond donors (Lipinski definition) is 1. The van der Waals surface area contributed by atoms with Crippen LogP contribution in [0.5, 0.6) is 0 Å².